The van der Waals surface area contributed by atoms with Crippen LogP contribution in [0.5, 0.6) is 11.8 Å². The van der Waals surface area contributed by atoms with Crippen LogP contribution in [0.4, 0.5) is 19.4 Å². The number of imide groups is 1. The molecule has 1 aliphatic carbocycles. The third-order valence-electron chi connectivity index (χ3n) is 19.8. The maximum absolute atomic E-state index is 17.3. The summed E-state index contributed by atoms with van der Waals surface area (Å²) in [4.78, 5) is 74.6. The van der Waals surface area contributed by atoms with Gasteiger partial charge in [0.25, 0.3) is 0 Å². The SMILES string of the molecule is CCc1c(F)ccc2cc(O)cc(-c3ncc4c(N5CCC[C@@](C)(O)C5)nc(OC[C@@]56CCCN5[C@H](COC(=O)N5CC7(CCC(N8CCC(c9ccc%10c(c9)n(C)c(=O)n%10C9CCC(=O)NC9=O)CC8)CC7)C5)CC6)nc4c3F)c12. The van der Waals surface area contributed by atoms with E-state index in [9.17, 15) is 29.4 Å². The van der Waals surface area contributed by atoms with Gasteiger partial charge < -0.3 is 34.4 Å². The van der Waals surface area contributed by atoms with Crippen LogP contribution in [0.15, 0.2) is 53.5 Å². The van der Waals surface area contributed by atoms with E-state index in [2.05, 4.69) is 32.2 Å². The van der Waals surface area contributed by atoms with Crippen molar-refractivity contribution in [1.82, 2.24) is 44.1 Å². The fraction of sp³-hybridized carbons (Fsp3) is 0.557. The Bertz CT molecular complexity index is 3560. The number of carbonyl (C=O) groups excluding carboxylic acids is 3. The molecule has 3 N–H and O–H groups in total. The summed E-state index contributed by atoms with van der Waals surface area (Å²) in [6.07, 6.45) is 13.3. The van der Waals surface area contributed by atoms with Gasteiger partial charge in [0.2, 0.25) is 11.8 Å². The molecule has 6 saturated heterocycles. The van der Waals surface area contributed by atoms with E-state index < -0.39 is 29.2 Å². The number of phenolic OH excluding ortho intramolecular Hbond substituents is 1. The average molecular weight is 1110 g/mol. The smallest absolute Gasteiger partial charge is 0.409 e. The number of nitrogens with one attached hydrogen (secondary N) is 1. The lowest BCUT2D eigenvalue weighted by Gasteiger charge is -2.54. The first-order chi connectivity index (χ1) is 39.0. The van der Waals surface area contributed by atoms with E-state index in [0.29, 0.717) is 90.3 Å². The highest BCUT2D eigenvalue weighted by Gasteiger charge is 2.52. The Kier molecular flexibility index (Phi) is 13.6. The lowest BCUT2D eigenvalue weighted by Crippen LogP contribution is -2.61. The van der Waals surface area contributed by atoms with Crippen LogP contribution in [0.25, 0.3) is 44.0 Å². The van der Waals surface area contributed by atoms with Crippen LogP contribution >= 0.6 is 0 Å². The van der Waals surface area contributed by atoms with Gasteiger partial charge in [0, 0.05) is 68.9 Å². The van der Waals surface area contributed by atoms with Gasteiger partial charge in [0.1, 0.15) is 47.9 Å². The molecule has 6 aliphatic heterocycles. The van der Waals surface area contributed by atoms with Gasteiger partial charge in [-0.2, -0.15) is 9.97 Å². The molecular weight excluding hydrogens is 1040 g/mol. The molecule has 7 aliphatic rings. The number of piperidine rings is 3. The van der Waals surface area contributed by atoms with Crippen molar-refractivity contribution >= 4 is 56.4 Å². The number of aromatic nitrogens is 5. The minimum absolute atomic E-state index is 0.00955. The molecule has 3 aromatic carbocycles. The summed E-state index contributed by atoms with van der Waals surface area (Å²) in [6, 6.07) is 11.9. The number of ether oxygens (including phenoxy) is 2. The fourth-order valence-corrected chi connectivity index (χ4v) is 15.4. The fourth-order valence-electron chi connectivity index (χ4n) is 15.4. The van der Waals surface area contributed by atoms with E-state index in [1.807, 2.05) is 22.8 Å². The second kappa shape index (κ2) is 20.6. The lowest BCUT2D eigenvalue weighted by atomic mass is 9.67. The molecule has 0 radical (unpaired) electrons. The number of aryl methyl sites for hydroxylation is 2. The van der Waals surface area contributed by atoms with Crippen molar-refractivity contribution in [2.75, 3.05) is 63.9 Å². The number of benzene rings is 3. The minimum Gasteiger partial charge on any atom is -0.508 e. The number of aromatic hydroxyl groups is 1. The van der Waals surface area contributed by atoms with Gasteiger partial charge in [-0.3, -0.25) is 33.9 Å². The Morgan fingerprint density at radius 2 is 1.67 bits per heavy atom. The summed E-state index contributed by atoms with van der Waals surface area (Å²) in [5, 5.41) is 25.7. The number of hydrogen-bond acceptors (Lipinski definition) is 14. The number of phenols is 1. The van der Waals surface area contributed by atoms with E-state index in [-0.39, 0.29) is 89.4 Å². The molecule has 7 fully saturated rings. The normalized spacial score (nSPS) is 25.8. The molecule has 18 nitrogen and oxygen atoms in total. The van der Waals surface area contributed by atoms with E-state index in [1.54, 1.807) is 24.6 Å². The average Bonchev–Trinajstić information content (AvgIpc) is 4.14. The number of likely N-dealkylation sites (tertiary alicyclic amines) is 2. The molecule has 6 aromatic rings. The van der Waals surface area contributed by atoms with Crippen LogP contribution in [0, 0.1) is 17.0 Å². The largest absolute Gasteiger partial charge is 0.508 e. The number of imidazole rings is 1. The highest BCUT2D eigenvalue weighted by atomic mass is 19.1. The number of halogens is 2. The number of fused-ring (bicyclic) bond motifs is 4. The summed E-state index contributed by atoms with van der Waals surface area (Å²) in [5.74, 6) is -1.26. The van der Waals surface area contributed by atoms with Crippen LogP contribution in [0.1, 0.15) is 127 Å². The Labute approximate surface area is 468 Å². The Hall–Kier alpha value is -6.77. The summed E-state index contributed by atoms with van der Waals surface area (Å²) in [7, 11) is 1.74. The van der Waals surface area contributed by atoms with Gasteiger partial charge in [-0.15, -0.1) is 0 Å². The number of nitrogens with zero attached hydrogens (tertiary/aromatic N) is 9. The van der Waals surface area contributed by atoms with E-state index in [0.717, 1.165) is 89.4 Å². The molecule has 4 atom stereocenters. The van der Waals surface area contributed by atoms with Crippen LogP contribution in [-0.2, 0) is 27.8 Å². The third kappa shape index (κ3) is 9.55. The lowest BCUT2D eigenvalue weighted by molar-refractivity contribution is -0.135. The zero-order chi connectivity index (χ0) is 56.1. The number of β-amino-alcohol motifs (C(OH)–C–C–N with tert-alkyl or cyclic N) is 1. The highest BCUT2D eigenvalue weighted by Crippen LogP contribution is 2.48. The minimum atomic E-state index is -1.00. The van der Waals surface area contributed by atoms with Crippen LogP contribution in [-0.4, -0.2) is 149 Å². The maximum atomic E-state index is 17.3. The molecule has 1 saturated carbocycles. The molecule has 428 valence electrons. The first-order valence-corrected chi connectivity index (χ1v) is 29.4. The molecule has 81 heavy (non-hydrogen) atoms. The number of amides is 3. The summed E-state index contributed by atoms with van der Waals surface area (Å²) >= 11 is 0. The molecule has 3 amide bonds. The predicted octanol–water partition coefficient (Wildman–Crippen LogP) is 8.01. The van der Waals surface area contributed by atoms with Gasteiger partial charge in [-0.05, 0) is 175 Å². The van der Waals surface area contributed by atoms with Crippen molar-refractivity contribution in [2.45, 2.75) is 145 Å². The Morgan fingerprint density at radius 3 is 2.43 bits per heavy atom. The third-order valence-corrected chi connectivity index (χ3v) is 19.8. The van der Waals surface area contributed by atoms with Crippen LogP contribution in [0.2, 0.25) is 0 Å². The summed E-state index contributed by atoms with van der Waals surface area (Å²) in [5.41, 5.74) is 1.75. The maximum Gasteiger partial charge on any atom is 0.409 e. The van der Waals surface area contributed by atoms with Crippen molar-refractivity contribution in [3.63, 3.8) is 0 Å². The molecular formula is C61H72F2N10O8. The quantitative estimate of drug-likeness (QED) is 0.105. The monoisotopic (exact) mass is 1110 g/mol. The number of aliphatic hydroxyl groups is 1. The van der Waals surface area contributed by atoms with Gasteiger partial charge in [0.05, 0.1) is 27.6 Å². The van der Waals surface area contributed by atoms with Crippen molar-refractivity contribution in [1.29, 1.82) is 0 Å². The number of carbonyl (C=O) groups is 3. The van der Waals surface area contributed by atoms with Crippen LogP contribution < -0.4 is 20.6 Å². The van der Waals surface area contributed by atoms with Gasteiger partial charge in [-0.25, -0.2) is 18.4 Å². The predicted molar refractivity (Wildman–Crippen MR) is 300 cm³/mol. The molecule has 13 rings (SSSR count). The van der Waals surface area contributed by atoms with Gasteiger partial charge in [0.15, 0.2) is 5.82 Å². The van der Waals surface area contributed by atoms with Crippen LogP contribution in [0.3, 0.4) is 0 Å². The zero-order valence-corrected chi connectivity index (χ0v) is 46.5. The van der Waals surface area contributed by atoms with Crippen molar-refractivity contribution in [3.05, 3.63) is 81.9 Å². The van der Waals surface area contributed by atoms with Gasteiger partial charge in [-0.1, -0.05) is 19.1 Å². The number of pyridine rings is 1. The van der Waals surface area contributed by atoms with E-state index in [1.165, 1.54) is 34.5 Å². The molecule has 0 bridgehead atoms. The van der Waals surface area contributed by atoms with Crippen molar-refractivity contribution in [3.8, 4) is 23.0 Å². The Morgan fingerprint density at radius 1 is 0.877 bits per heavy atom. The first-order valence-electron chi connectivity index (χ1n) is 29.4. The molecule has 9 heterocycles. The molecule has 1 spiro atoms. The van der Waals surface area contributed by atoms with Crippen molar-refractivity contribution < 1.29 is 42.9 Å². The zero-order valence-electron chi connectivity index (χ0n) is 46.5. The molecule has 1 unspecified atom stereocenters. The number of hydrogen-bond donors (Lipinski definition) is 3. The number of rotatable bonds is 11. The first kappa shape index (κ1) is 53.5. The number of anilines is 1. The molecule has 20 heteroatoms. The van der Waals surface area contributed by atoms with Crippen molar-refractivity contribution in [2.24, 2.45) is 12.5 Å². The summed E-state index contributed by atoms with van der Waals surface area (Å²) < 4.78 is 48.4. The second-order valence-corrected chi connectivity index (χ2v) is 24.9. The summed E-state index contributed by atoms with van der Waals surface area (Å²) in [6.45, 7) is 9.23. The molecule has 3 aromatic heterocycles. The second-order valence-electron chi connectivity index (χ2n) is 24.9. The van der Waals surface area contributed by atoms with E-state index in [4.69, 9.17) is 19.4 Å². The van der Waals surface area contributed by atoms with Gasteiger partial charge >= 0.3 is 17.8 Å². The van der Waals surface area contributed by atoms with E-state index >= 15 is 8.78 Å². The topological polar surface area (TPSA) is 201 Å². The highest BCUT2D eigenvalue weighted by molar-refractivity contribution is 6.02. The standard InChI is InChI=1S/C61H72F2N10O8/c1-4-42-45(62)9-7-38-27-41(74)29-43(50(38)42)52-51(63)53-44(30-64-52)54(70-23-5-18-59(2,79)32-70)67-56(66-53)81-35-61-19-6-24-72(61)40(15-22-61)31-80-58(78)71-33-60(34-71)20-13-39(14-21-60)69-25-16-36(17-26-69)37-8-10-46-48(28-37)68(3)57(77)73(46)47-11-12-49(75)65-55(47)76/h7-10,27-30,36,39-40,47,74,79H,4-6,11-26,31-35H2,1-3H3,(H,65,75,76)/t40-,47?,59+,61-/m0/s1. The Balaban J connectivity index is 0.623.